The Labute approximate surface area is 56.3 Å². The summed E-state index contributed by atoms with van der Waals surface area (Å²) >= 11 is 3.10. The van der Waals surface area contributed by atoms with E-state index in [2.05, 4.69) is 15.9 Å². The SMILES string of the molecule is C/C(Br)=C\CC(=O)O. The normalized spacial score (nSPS) is 11.5. The second kappa shape index (κ2) is 3.66. The Morgan fingerprint density at radius 2 is 2.38 bits per heavy atom. The molecule has 0 spiro atoms. The highest BCUT2D eigenvalue weighted by atomic mass is 79.9. The van der Waals surface area contributed by atoms with E-state index < -0.39 is 5.97 Å². The minimum absolute atomic E-state index is 0.0943. The van der Waals surface area contributed by atoms with Crippen molar-refractivity contribution in [1.82, 2.24) is 0 Å². The van der Waals surface area contributed by atoms with Crippen molar-refractivity contribution in [2.24, 2.45) is 0 Å². The van der Waals surface area contributed by atoms with Gasteiger partial charge in [-0.05, 0) is 11.4 Å². The molecule has 3 heteroatoms. The van der Waals surface area contributed by atoms with Crippen molar-refractivity contribution in [2.75, 3.05) is 0 Å². The molecular formula is C5H7BrO2. The largest absolute Gasteiger partial charge is 0.481 e. The van der Waals surface area contributed by atoms with Crippen LogP contribution in [0.15, 0.2) is 10.6 Å². The van der Waals surface area contributed by atoms with Gasteiger partial charge in [-0.25, -0.2) is 0 Å². The highest BCUT2D eigenvalue weighted by Gasteiger charge is 1.89. The molecule has 2 nitrogen and oxygen atoms in total. The number of carboxylic acid groups (broad SMARTS) is 1. The fourth-order valence-electron chi connectivity index (χ4n) is 0.228. The number of hydrogen-bond acceptors (Lipinski definition) is 1. The van der Waals surface area contributed by atoms with Gasteiger partial charge in [0.25, 0.3) is 0 Å². The maximum Gasteiger partial charge on any atom is 0.307 e. The smallest absolute Gasteiger partial charge is 0.307 e. The number of carbonyl (C=O) groups is 1. The average Bonchev–Trinajstić information content (AvgIpc) is 1.61. The van der Waals surface area contributed by atoms with Gasteiger partial charge in [-0.2, -0.15) is 0 Å². The minimum Gasteiger partial charge on any atom is -0.481 e. The molecule has 0 bridgehead atoms. The number of aliphatic carboxylic acids is 1. The van der Waals surface area contributed by atoms with Crippen molar-refractivity contribution in [3.8, 4) is 0 Å². The molecule has 0 radical (unpaired) electrons. The van der Waals surface area contributed by atoms with Gasteiger partial charge in [-0.15, -0.1) is 0 Å². The maximum absolute atomic E-state index is 9.84. The first kappa shape index (κ1) is 7.69. The molecule has 0 aliphatic carbocycles. The second-order valence-electron chi connectivity index (χ2n) is 1.39. The maximum atomic E-state index is 9.84. The summed E-state index contributed by atoms with van der Waals surface area (Å²) in [6.07, 6.45) is 1.69. The molecule has 0 aromatic carbocycles. The van der Waals surface area contributed by atoms with Crippen LogP contribution in [-0.2, 0) is 4.79 Å². The Morgan fingerprint density at radius 3 is 2.50 bits per heavy atom. The zero-order valence-electron chi connectivity index (χ0n) is 4.52. The second-order valence-corrected chi connectivity index (χ2v) is 2.64. The first-order valence-corrected chi connectivity index (χ1v) is 2.96. The van der Waals surface area contributed by atoms with E-state index in [4.69, 9.17) is 5.11 Å². The van der Waals surface area contributed by atoms with Gasteiger partial charge in [0.1, 0.15) is 0 Å². The van der Waals surface area contributed by atoms with Crippen LogP contribution in [0.5, 0.6) is 0 Å². The molecule has 0 aliphatic rings. The summed E-state index contributed by atoms with van der Waals surface area (Å²) in [5, 5.41) is 8.10. The van der Waals surface area contributed by atoms with Crippen LogP contribution in [0.25, 0.3) is 0 Å². The lowest BCUT2D eigenvalue weighted by Crippen LogP contribution is -1.89. The summed E-state index contributed by atoms with van der Waals surface area (Å²) in [6, 6.07) is 0. The number of rotatable bonds is 2. The number of allylic oxidation sites excluding steroid dienone is 1. The molecule has 0 saturated carbocycles. The molecule has 0 aliphatic heterocycles. The average molecular weight is 179 g/mol. The molecule has 0 aromatic rings. The Kier molecular flexibility index (Phi) is 3.52. The van der Waals surface area contributed by atoms with Gasteiger partial charge in [0.15, 0.2) is 0 Å². The van der Waals surface area contributed by atoms with Crippen LogP contribution in [-0.4, -0.2) is 11.1 Å². The van der Waals surface area contributed by atoms with E-state index in [1.54, 1.807) is 13.0 Å². The molecular weight excluding hydrogens is 172 g/mol. The van der Waals surface area contributed by atoms with Gasteiger partial charge in [0.05, 0.1) is 6.42 Å². The zero-order chi connectivity index (χ0) is 6.57. The molecule has 0 amide bonds. The van der Waals surface area contributed by atoms with Gasteiger partial charge in [0, 0.05) is 0 Å². The topological polar surface area (TPSA) is 37.3 Å². The lowest BCUT2D eigenvalue weighted by atomic mass is 10.4. The van der Waals surface area contributed by atoms with Crippen molar-refractivity contribution < 1.29 is 9.90 Å². The Morgan fingerprint density at radius 1 is 1.88 bits per heavy atom. The molecule has 0 aromatic heterocycles. The summed E-state index contributed by atoms with van der Waals surface area (Å²) in [7, 11) is 0. The molecule has 0 saturated heterocycles. The molecule has 0 atom stereocenters. The first-order valence-electron chi connectivity index (χ1n) is 2.17. The summed E-state index contributed by atoms with van der Waals surface area (Å²) in [5.74, 6) is -0.802. The highest BCUT2D eigenvalue weighted by Crippen LogP contribution is 2.02. The molecule has 8 heavy (non-hydrogen) atoms. The predicted molar refractivity (Wildman–Crippen MR) is 34.9 cm³/mol. The third-order valence-corrected chi connectivity index (χ3v) is 0.882. The molecule has 0 heterocycles. The van der Waals surface area contributed by atoms with Gasteiger partial charge in [0.2, 0.25) is 0 Å². The first-order chi connectivity index (χ1) is 3.63. The monoisotopic (exact) mass is 178 g/mol. The number of hydrogen-bond donors (Lipinski definition) is 1. The highest BCUT2D eigenvalue weighted by molar-refractivity contribution is 9.11. The van der Waals surface area contributed by atoms with Crippen LogP contribution in [0, 0.1) is 0 Å². The van der Waals surface area contributed by atoms with Crippen molar-refractivity contribution >= 4 is 21.9 Å². The standard InChI is InChI=1S/C5H7BrO2/c1-4(6)2-3-5(7)8/h2H,3H2,1H3,(H,7,8)/b4-2+. The van der Waals surface area contributed by atoms with Gasteiger partial charge >= 0.3 is 5.97 Å². The van der Waals surface area contributed by atoms with E-state index in [1.807, 2.05) is 0 Å². The lowest BCUT2D eigenvalue weighted by molar-refractivity contribution is -0.136. The van der Waals surface area contributed by atoms with E-state index in [0.717, 1.165) is 4.48 Å². The summed E-state index contributed by atoms with van der Waals surface area (Å²) in [5.41, 5.74) is 0. The molecule has 46 valence electrons. The quantitative estimate of drug-likeness (QED) is 0.701. The molecule has 1 N–H and O–H groups in total. The van der Waals surface area contributed by atoms with Crippen molar-refractivity contribution in [1.29, 1.82) is 0 Å². The number of carboxylic acids is 1. The third-order valence-electron chi connectivity index (χ3n) is 0.558. The van der Waals surface area contributed by atoms with Crippen LogP contribution in [0.3, 0.4) is 0 Å². The van der Waals surface area contributed by atoms with E-state index in [1.165, 1.54) is 0 Å². The fraction of sp³-hybridized carbons (Fsp3) is 0.400. The lowest BCUT2D eigenvalue weighted by Gasteiger charge is -1.83. The Hall–Kier alpha value is -0.310. The van der Waals surface area contributed by atoms with Gasteiger partial charge in [-0.1, -0.05) is 22.0 Å². The minimum atomic E-state index is -0.802. The molecule has 0 unspecified atom stereocenters. The fourth-order valence-corrected chi connectivity index (χ4v) is 0.390. The van der Waals surface area contributed by atoms with Crippen molar-refractivity contribution in [3.05, 3.63) is 10.6 Å². The Balaban J connectivity index is 3.45. The van der Waals surface area contributed by atoms with Gasteiger partial charge < -0.3 is 5.11 Å². The zero-order valence-corrected chi connectivity index (χ0v) is 6.10. The summed E-state index contributed by atoms with van der Waals surface area (Å²) in [4.78, 5) is 9.84. The van der Waals surface area contributed by atoms with E-state index in [-0.39, 0.29) is 6.42 Å². The van der Waals surface area contributed by atoms with Crippen LogP contribution in [0.2, 0.25) is 0 Å². The third kappa shape index (κ3) is 5.69. The summed E-state index contributed by atoms with van der Waals surface area (Å²) < 4.78 is 0.861. The van der Waals surface area contributed by atoms with Crippen molar-refractivity contribution in [3.63, 3.8) is 0 Å². The van der Waals surface area contributed by atoms with Crippen LogP contribution in [0.4, 0.5) is 0 Å². The van der Waals surface area contributed by atoms with E-state index in [9.17, 15) is 4.79 Å². The van der Waals surface area contributed by atoms with Crippen LogP contribution < -0.4 is 0 Å². The number of halogens is 1. The summed E-state index contributed by atoms with van der Waals surface area (Å²) in [6.45, 7) is 1.79. The predicted octanol–water partition coefficient (Wildman–Crippen LogP) is 1.76. The van der Waals surface area contributed by atoms with Gasteiger partial charge in [-0.3, -0.25) is 4.79 Å². The van der Waals surface area contributed by atoms with Crippen LogP contribution in [0.1, 0.15) is 13.3 Å². The van der Waals surface area contributed by atoms with E-state index >= 15 is 0 Å². The molecule has 0 fully saturated rings. The Bertz CT molecular complexity index is 114. The van der Waals surface area contributed by atoms with Crippen LogP contribution >= 0.6 is 15.9 Å². The van der Waals surface area contributed by atoms with E-state index in [0.29, 0.717) is 0 Å². The van der Waals surface area contributed by atoms with Crippen molar-refractivity contribution in [2.45, 2.75) is 13.3 Å². The molecule has 0 rings (SSSR count).